The van der Waals surface area contributed by atoms with Gasteiger partial charge < -0.3 is 14.7 Å². The first-order valence-corrected chi connectivity index (χ1v) is 6.16. The molecule has 0 radical (unpaired) electrons. The van der Waals surface area contributed by atoms with E-state index in [9.17, 15) is 9.59 Å². The second-order valence-corrected chi connectivity index (χ2v) is 5.02. The first-order valence-electron chi connectivity index (χ1n) is 6.16. The Morgan fingerprint density at radius 1 is 1.33 bits per heavy atom. The van der Waals surface area contributed by atoms with Crippen molar-refractivity contribution in [3.63, 3.8) is 0 Å². The van der Waals surface area contributed by atoms with Gasteiger partial charge in [0, 0.05) is 33.1 Å². The first kappa shape index (κ1) is 14.9. The number of carboxylic acid groups (broad SMARTS) is 1. The van der Waals surface area contributed by atoms with Gasteiger partial charge in [-0.1, -0.05) is 0 Å². The third-order valence-corrected chi connectivity index (χ3v) is 3.48. The summed E-state index contributed by atoms with van der Waals surface area (Å²) in [6.07, 6.45) is 0.340. The Morgan fingerprint density at radius 2 is 1.89 bits per heavy atom. The van der Waals surface area contributed by atoms with E-state index < -0.39 is 11.5 Å². The maximum Gasteiger partial charge on any atom is 0.329 e. The number of hydrogen-bond acceptors (Lipinski definition) is 4. The van der Waals surface area contributed by atoms with Crippen LogP contribution in [0.4, 0.5) is 0 Å². The summed E-state index contributed by atoms with van der Waals surface area (Å²) in [6, 6.07) is 0. The number of carboxylic acids is 1. The van der Waals surface area contributed by atoms with Crippen LogP contribution in [0, 0.1) is 0 Å². The topological polar surface area (TPSA) is 70.1 Å². The van der Waals surface area contributed by atoms with Gasteiger partial charge in [-0.05, 0) is 13.8 Å². The van der Waals surface area contributed by atoms with Crippen molar-refractivity contribution in [1.82, 2.24) is 9.80 Å². The van der Waals surface area contributed by atoms with E-state index in [-0.39, 0.29) is 5.91 Å². The molecular weight excluding hydrogens is 236 g/mol. The number of ether oxygens (including phenoxy) is 1. The van der Waals surface area contributed by atoms with E-state index in [1.165, 1.54) is 25.8 Å². The fourth-order valence-electron chi connectivity index (χ4n) is 1.70. The van der Waals surface area contributed by atoms with Crippen LogP contribution < -0.4 is 0 Å². The average Bonchev–Trinajstić information content (AvgIpc) is 2.36. The monoisotopic (exact) mass is 258 g/mol. The van der Waals surface area contributed by atoms with Crippen LogP contribution in [0.25, 0.3) is 0 Å². The molecule has 1 fully saturated rings. The van der Waals surface area contributed by atoms with Gasteiger partial charge in [0.25, 0.3) is 0 Å². The Bertz CT molecular complexity index is 311. The molecule has 6 nitrogen and oxygen atoms in total. The van der Waals surface area contributed by atoms with Crippen molar-refractivity contribution in [3.05, 3.63) is 0 Å². The Balaban J connectivity index is 2.42. The van der Waals surface area contributed by atoms with E-state index in [0.29, 0.717) is 26.2 Å². The number of amides is 1. The normalized spacial score (nSPS) is 17.5. The van der Waals surface area contributed by atoms with Crippen molar-refractivity contribution in [2.45, 2.75) is 25.8 Å². The molecular formula is C12H22N2O4. The van der Waals surface area contributed by atoms with Crippen LogP contribution in [0.5, 0.6) is 0 Å². The third-order valence-electron chi connectivity index (χ3n) is 3.48. The number of likely N-dealkylation sites (N-methyl/N-ethyl adjacent to an activating group) is 1. The second kappa shape index (κ2) is 6.15. The molecule has 1 N–H and O–H groups in total. The Kier molecular flexibility index (Phi) is 5.10. The molecule has 1 rings (SSSR count). The van der Waals surface area contributed by atoms with Gasteiger partial charge in [0.15, 0.2) is 0 Å². The van der Waals surface area contributed by atoms with Crippen LogP contribution in [-0.4, -0.2) is 72.2 Å². The minimum atomic E-state index is -1.16. The molecule has 0 aliphatic carbocycles. The maximum absolute atomic E-state index is 11.9. The molecule has 0 aromatic carbocycles. The highest BCUT2D eigenvalue weighted by Gasteiger charge is 2.34. The number of rotatable bonds is 5. The molecule has 0 unspecified atom stereocenters. The van der Waals surface area contributed by atoms with E-state index in [0.717, 1.165) is 13.1 Å². The summed E-state index contributed by atoms with van der Waals surface area (Å²) in [7, 11) is 1.54. The number of carbonyl (C=O) groups excluding carboxylic acids is 1. The molecule has 0 atom stereocenters. The fourth-order valence-corrected chi connectivity index (χ4v) is 1.70. The molecule has 18 heavy (non-hydrogen) atoms. The molecule has 0 spiro atoms. The van der Waals surface area contributed by atoms with Gasteiger partial charge in [-0.2, -0.15) is 0 Å². The summed E-state index contributed by atoms with van der Waals surface area (Å²) < 4.78 is 5.22. The summed E-state index contributed by atoms with van der Waals surface area (Å²) in [5.74, 6) is -1.14. The molecule has 1 heterocycles. The van der Waals surface area contributed by atoms with Gasteiger partial charge >= 0.3 is 5.97 Å². The van der Waals surface area contributed by atoms with E-state index >= 15 is 0 Å². The minimum absolute atomic E-state index is 0.145. The van der Waals surface area contributed by atoms with E-state index in [1.807, 2.05) is 0 Å². The number of nitrogens with zero attached hydrogens (tertiary/aromatic N) is 2. The Morgan fingerprint density at radius 3 is 2.39 bits per heavy atom. The zero-order valence-corrected chi connectivity index (χ0v) is 11.3. The fraction of sp³-hybridized carbons (Fsp3) is 0.833. The zero-order valence-electron chi connectivity index (χ0n) is 11.3. The zero-order chi connectivity index (χ0) is 13.8. The van der Waals surface area contributed by atoms with Gasteiger partial charge in [0.05, 0.1) is 13.2 Å². The van der Waals surface area contributed by atoms with Crippen molar-refractivity contribution in [3.8, 4) is 0 Å². The quantitative estimate of drug-likeness (QED) is 0.753. The van der Waals surface area contributed by atoms with Crippen LogP contribution in [-0.2, 0) is 14.3 Å². The van der Waals surface area contributed by atoms with Gasteiger partial charge in [0.1, 0.15) is 5.54 Å². The Hall–Kier alpha value is -1.14. The van der Waals surface area contributed by atoms with Crippen LogP contribution >= 0.6 is 0 Å². The van der Waals surface area contributed by atoms with Gasteiger partial charge in [0.2, 0.25) is 5.91 Å². The standard InChI is InChI=1S/C12H22N2O4/c1-12(2,11(16)17)13(3)10(15)4-5-14-6-8-18-9-7-14/h4-9H2,1-3H3,(H,16,17). The molecule has 1 aliphatic rings. The van der Waals surface area contributed by atoms with Gasteiger partial charge in [-0.3, -0.25) is 9.69 Å². The summed E-state index contributed by atoms with van der Waals surface area (Å²) in [6.45, 7) is 6.78. The van der Waals surface area contributed by atoms with E-state index in [1.54, 1.807) is 0 Å². The molecule has 104 valence electrons. The lowest BCUT2D eigenvalue weighted by atomic mass is 10.0. The van der Waals surface area contributed by atoms with Crippen LogP contribution in [0.2, 0.25) is 0 Å². The molecule has 0 bridgehead atoms. The van der Waals surface area contributed by atoms with Gasteiger partial charge in [-0.25, -0.2) is 4.79 Å². The number of hydrogen-bond donors (Lipinski definition) is 1. The average molecular weight is 258 g/mol. The van der Waals surface area contributed by atoms with Crippen LogP contribution in [0.1, 0.15) is 20.3 Å². The minimum Gasteiger partial charge on any atom is -0.480 e. The molecule has 1 aliphatic heterocycles. The number of morpholine rings is 1. The lowest BCUT2D eigenvalue weighted by Gasteiger charge is -2.33. The molecule has 1 amide bonds. The summed E-state index contributed by atoms with van der Waals surface area (Å²) in [5.41, 5.74) is -1.16. The van der Waals surface area contributed by atoms with Crippen molar-refractivity contribution in [2.24, 2.45) is 0 Å². The predicted molar refractivity (Wildman–Crippen MR) is 66.4 cm³/mol. The Labute approximate surface area is 107 Å². The number of carbonyl (C=O) groups is 2. The molecule has 0 aromatic rings. The lowest BCUT2D eigenvalue weighted by molar-refractivity contribution is -0.155. The van der Waals surface area contributed by atoms with Crippen LogP contribution in [0.15, 0.2) is 0 Å². The highest BCUT2D eigenvalue weighted by molar-refractivity contribution is 5.86. The summed E-state index contributed by atoms with van der Waals surface area (Å²) in [4.78, 5) is 26.5. The van der Waals surface area contributed by atoms with Crippen molar-refractivity contribution in [2.75, 3.05) is 39.9 Å². The third kappa shape index (κ3) is 3.68. The van der Waals surface area contributed by atoms with Gasteiger partial charge in [-0.15, -0.1) is 0 Å². The van der Waals surface area contributed by atoms with Crippen LogP contribution in [0.3, 0.4) is 0 Å². The summed E-state index contributed by atoms with van der Waals surface area (Å²) >= 11 is 0. The molecule has 0 aromatic heterocycles. The maximum atomic E-state index is 11.9. The predicted octanol–water partition coefficient (Wildman–Crippen LogP) is 0.0303. The SMILES string of the molecule is CN(C(=O)CCN1CCOCC1)C(C)(C)C(=O)O. The lowest BCUT2D eigenvalue weighted by Crippen LogP contribution is -2.51. The highest BCUT2D eigenvalue weighted by atomic mass is 16.5. The van der Waals surface area contributed by atoms with Crippen molar-refractivity contribution in [1.29, 1.82) is 0 Å². The molecule has 6 heteroatoms. The summed E-state index contributed by atoms with van der Waals surface area (Å²) in [5, 5.41) is 9.06. The molecule has 0 saturated carbocycles. The van der Waals surface area contributed by atoms with Crippen molar-refractivity contribution >= 4 is 11.9 Å². The largest absolute Gasteiger partial charge is 0.480 e. The van der Waals surface area contributed by atoms with Crippen molar-refractivity contribution < 1.29 is 19.4 Å². The number of aliphatic carboxylic acids is 1. The second-order valence-electron chi connectivity index (χ2n) is 5.02. The smallest absolute Gasteiger partial charge is 0.329 e. The van der Waals surface area contributed by atoms with E-state index in [2.05, 4.69) is 4.90 Å². The van der Waals surface area contributed by atoms with E-state index in [4.69, 9.17) is 9.84 Å². The highest BCUT2D eigenvalue weighted by Crippen LogP contribution is 2.14. The first-order chi connectivity index (χ1) is 8.35. The molecule has 1 saturated heterocycles.